The Morgan fingerprint density at radius 3 is 2.46 bits per heavy atom. The highest BCUT2D eigenvalue weighted by atomic mass is 79.9. The lowest BCUT2D eigenvalue weighted by Crippen LogP contribution is -2.24. The average Bonchev–Trinajstić information content (AvgIpc) is 2.91. The maximum Gasteiger partial charge on any atom is 0.340 e. The molecule has 0 saturated heterocycles. The average molecular weight is 443 g/mol. The van der Waals surface area contributed by atoms with E-state index in [1.165, 1.54) is 42.4 Å². The van der Waals surface area contributed by atoms with Crippen molar-refractivity contribution in [3.8, 4) is 0 Å². The molecule has 0 bridgehead atoms. The van der Waals surface area contributed by atoms with Gasteiger partial charge in [-0.05, 0) is 48.9 Å². The van der Waals surface area contributed by atoms with Crippen LogP contribution in [0.3, 0.4) is 0 Å². The van der Waals surface area contributed by atoms with Gasteiger partial charge in [-0.25, -0.2) is 4.79 Å². The fraction of sp³-hybridized carbons (Fsp3) is 0.100. The molecule has 1 amide bonds. The standard InChI is InChI=1S/C20H15BrN2O5/c1-12-18(20(25)28-2)17(10-13-6-8-15(9-7-13)23(26)27)19(24)22(12)16-5-3-4-14(21)11-16/h3-11H,1-2H3/b17-10-. The third-order valence-electron chi connectivity index (χ3n) is 4.27. The molecule has 1 aliphatic heterocycles. The summed E-state index contributed by atoms with van der Waals surface area (Å²) < 4.78 is 5.65. The molecule has 0 spiro atoms. The minimum Gasteiger partial charge on any atom is -0.465 e. The van der Waals surface area contributed by atoms with E-state index in [4.69, 9.17) is 4.74 Å². The topological polar surface area (TPSA) is 89.8 Å². The Morgan fingerprint density at radius 1 is 1.21 bits per heavy atom. The molecule has 1 aliphatic rings. The molecule has 0 N–H and O–H groups in total. The fourth-order valence-corrected chi connectivity index (χ4v) is 3.35. The van der Waals surface area contributed by atoms with Crippen LogP contribution in [0.4, 0.5) is 11.4 Å². The summed E-state index contributed by atoms with van der Waals surface area (Å²) in [5, 5.41) is 10.8. The quantitative estimate of drug-likeness (QED) is 0.305. The number of benzene rings is 2. The Bertz CT molecular complexity index is 1040. The van der Waals surface area contributed by atoms with Gasteiger partial charge in [0.05, 0.1) is 28.9 Å². The van der Waals surface area contributed by atoms with Crippen molar-refractivity contribution in [2.75, 3.05) is 12.0 Å². The molecule has 2 aromatic carbocycles. The molecule has 0 fully saturated rings. The van der Waals surface area contributed by atoms with Gasteiger partial charge in [-0.15, -0.1) is 0 Å². The van der Waals surface area contributed by atoms with Gasteiger partial charge in [0, 0.05) is 22.3 Å². The Balaban J connectivity index is 2.10. The molecule has 8 heteroatoms. The van der Waals surface area contributed by atoms with Gasteiger partial charge in [-0.2, -0.15) is 0 Å². The summed E-state index contributed by atoms with van der Waals surface area (Å²) in [7, 11) is 1.25. The lowest BCUT2D eigenvalue weighted by molar-refractivity contribution is -0.384. The highest BCUT2D eigenvalue weighted by Gasteiger charge is 2.37. The maximum atomic E-state index is 13.1. The van der Waals surface area contributed by atoms with E-state index in [1.807, 2.05) is 6.07 Å². The zero-order valence-corrected chi connectivity index (χ0v) is 16.6. The number of esters is 1. The number of nitro groups is 1. The summed E-state index contributed by atoms with van der Waals surface area (Å²) in [5.74, 6) is -1.01. The van der Waals surface area contributed by atoms with Gasteiger partial charge in [-0.3, -0.25) is 19.8 Å². The van der Waals surface area contributed by atoms with Crippen molar-refractivity contribution in [3.63, 3.8) is 0 Å². The van der Waals surface area contributed by atoms with Crippen LogP contribution in [0.5, 0.6) is 0 Å². The monoisotopic (exact) mass is 442 g/mol. The molecule has 0 unspecified atom stereocenters. The number of hydrogen-bond acceptors (Lipinski definition) is 5. The SMILES string of the molecule is COC(=O)C1=C(C)N(c2cccc(Br)c2)C(=O)/C1=C\c1ccc([N+](=O)[O-])cc1. The summed E-state index contributed by atoms with van der Waals surface area (Å²) in [5.41, 5.74) is 1.87. The van der Waals surface area contributed by atoms with Crippen LogP contribution in [0, 0.1) is 10.1 Å². The number of ether oxygens (including phenoxy) is 1. The molecule has 1 heterocycles. The molecule has 3 rings (SSSR count). The molecule has 2 aromatic rings. The van der Waals surface area contributed by atoms with Gasteiger partial charge in [0.2, 0.25) is 0 Å². The third-order valence-corrected chi connectivity index (χ3v) is 4.76. The molecule has 0 saturated carbocycles. The van der Waals surface area contributed by atoms with Crippen molar-refractivity contribution in [2.24, 2.45) is 0 Å². The highest BCUT2D eigenvalue weighted by Crippen LogP contribution is 2.36. The zero-order valence-electron chi connectivity index (χ0n) is 15.0. The van der Waals surface area contributed by atoms with E-state index in [-0.39, 0.29) is 22.7 Å². The molecule has 0 aliphatic carbocycles. The number of amides is 1. The van der Waals surface area contributed by atoms with Gasteiger partial charge in [-0.1, -0.05) is 22.0 Å². The summed E-state index contributed by atoms with van der Waals surface area (Å²) >= 11 is 3.38. The summed E-state index contributed by atoms with van der Waals surface area (Å²) in [4.78, 5) is 37.2. The first-order valence-corrected chi connectivity index (χ1v) is 8.98. The second-order valence-electron chi connectivity index (χ2n) is 5.98. The van der Waals surface area contributed by atoms with Crippen molar-refractivity contribution in [1.82, 2.24) is 0 Å². The first kappa shape index (κ1) is 19.5. The Labute approximate surface area is 169 Å². The van der Waals surface area contributed by atoms with E-state index in [0.29, 0.717) is 16.9 Å². The molecule has 0 atom stereocenters. The minimum absolute atomic E-state index is 0.0597. The first-order chi connectivity index (χ1) is 13.3. The molecular weight excluding hydrogens is 428 g/mol. The molecule has 0 aromatic heterocycles. The number of halogens is 1. The molecular formula is C20H15BrN2O5. The van der Waals surface area contributed by atoms with Crippen molar-refractivity contribution in [2.45, 2.75) is 6.92 Å². The number of anilines is 1. The number of non-ortho nitro benzene ring substituents is 1. The maximum absolute atomic E-state index is 13.1. The van der Waals surface area contributed by atoms with E-state index >= 15 is 0 Å². The Kier molecular flexibility index (Phi) is 5.41. The number of hydrogen-bond donors (Lipinski definition) is 0. The van der Waals surface area contributed by atoms with Crippen LogP contribution in [0.25, 0.3) is 6.08 Å². The Morgan fingerprint density at radius 2 is 1.89 bits per heavy atom. The fourth-order valence-electron chi connectivity index (χ4n) is 2.97. The summed E-state index contributed by atoms with van der Waals surface area (Å²) in [6.07, 6.45) is 1.53. The van der Waals surface area contributed by atoms with Crippen LogP contribution < -0.4 is 4.90 Å². The third kappa shape index (κ3) is 3.59. The lowest BCUT2D eigenvalue weighted by atomic mass is 10.0. The van der Waals surface area contributed by atoms with Crippen LogP contribution in [-0.2, 0) is 14.3 Å². The minimum atomic E-state index is -0.628. The number of nitro benzene ring substituents is 1. The number of rotatable bonds is 4. The van der Waals surface area contributed by atoms with Crippen LogP contribution >= 0.6 is 15.9 Å². The van der Waals surface area contributed by atoms with Crippen LogP contribution in [0.2, 0.25) is 0 Å². The van der Waals surface area contributed by atoms with E-state index in [0.717, 1.165) is 4.47 Å². The molecule has 28 heavy (non-hydrogen) atoms. The van der Waals surface area contributed by atoms with E-state index in [2.05, 4.69) is 15.9 Å². The van der Waals surface area contributed by atoms with E-state index in [9.17, 15) is 19.7 Å². The smallest absolute Gasteiger partial charge is 0.340 e. The van der Waals surface area contributed by atoms with Crippen molar-refractivity contribution >= 4 is 45.3 Å². The normalized spacial score (nSPS) is 15.3. The van der Waals surface area contributed by atoms with Gasteiger partial charge in [0.1, 0.15) is 0 Å². The second kappa shape index (κ2) is 7.77. The molecule has 7 nitrogen and oxygen atoms in total. The zero-order chi connectivity index (χ0) is 20.4. The predicted molar refractivity (Wildman–Crippen MR) is 107 cm³/mol. The van der Waals surface area contributed by atoms with Gasteiger partial charge >= 0.3 is 5.97 Å². The van der Waals surface area contributed by atoms with Crippen LogP contribution in [-0.4, -0.2) is 23.9 Å². The number of methoxy groups -OCH3 is 1. The largest absolute Gasteiger partial charge is 0.465 e. The van der Waals surface area contributed by atoms with Crippen molar-refractivity contribution < 1.29 is 19.2 Å². The molecule has 142 valence electrons. The van der Waals surface area contributed by atoms with Gasteiger partial charge in [0.15, 0.2) is 0 Å². The van der Waals surface area contributed by atoms with Gasteiger partial charge < -0.3 is 4.74 Å². The molecule has 0 radical (unpaired) electrons. The van der Waals surface area contributed by atoms with Crippen molar-refractivity contribution in [1.29, 1.82) is 0 Å². The summed E-state index contributed by atoms with van der Waals surface area (Å²) in [6.45, 7) is 1.67. The van der Waals surface area contributed by atoms with E-state index in [1.54, 1.807) is 25.1 Å². The highest BCUT2D eigenvalue weighted by molar-refractivity contribution is 9.10. The van der Waals surface area contributed by atoms with Crippen LogP contribution in [0.15, 0.2) is 69.8 Å². The second-order valence-corrected chi connectivity index (χ2v) is 6.89. The number of allylic oxidation sites excluding steroid dienone is 1. The predicted octanol–water partition coefficient (Wildman–Crippen LogP) is 4.23. The Hall–Kier alpha value is -3.26. The number of nitrogens with zero attached hydrogens (tertiary/aromatic N) is 2. The lowest BCUT2D eigenvalue weighted by Gasteiger charge is -2.18. The van der Waals surface area contributed by atoms with Crippen LogP contribution in [0.1, 0.15) is 12.5 Å². The van der Waals surface area contributed by atoms with E-state index < -0.39 is 10.9 Å². The van der Waals surface area contributed by atoms with Gasteiger partial charge in [0.25, 0.3) is 11.6 Å². The first-order valence-electron chi connectivity index (χ1n) is 8.19. The number of carbonyl (C=O) groups is 2. The summed E-state index contributed by atoms with van der Waals surface area (Å²) in [6, 6.07) is 12.9. The number of carbonyl (C=O) groups excluding carboxylic acids is 2. The van der Waals surface area contributed by atoms with Crippen molar-refractivity contribution in [3.05, 3.63) is 85.5 Å².